The number of halogens is 1. The van der Waals surface area contributed by atoms with Crippen LogP contribution in [0.4, 0.5) is 10.3 Å². The number of aryl methyl sites for hydroxylation is 1. The van der Waals surface area contributed by atoms with Crippen LogP contribution in [0.3, 0.4) is 0 Å². The SMILES string of the molecule is Cc1nc(NC(=O)C(=O)CC(=O)c2ccc(F)cc2)no1. The van der Waals surface area contributed by atoms with E-state index in [0.717, 1.165) is 12.1 Å². The van der Waals surface area contributed by atoms with Gasteiger partial charge in [0.05, 0.1) is 6.42 Å². The number of rotatable bonds is 5. The van der Waals surface area contributed by atoms with E-state index >= 15 is 0 Å². The third-order valence-electron chi connectivity index (χ3n) is 2.49. The fourth-order valence-electron chi connectivity index (χ4n) is 1.49. The minimum Gasteiger partial charge on any atom is -0.338 e. The second-order valence-electron chi connectivity index (χ2n) is 4.12. The number of nitrogens with one attached hydrogen (secondary N) is 1. The van der Waals surface area contributed by atoms with Gasteiger partial charge in [0, 0.05) is 12.5 Å². The summed E-state index contributed by atoms with van der Waals surface area (Å²) in [4.78, 5) is 38.6. The predicted octanol–water partition coefficient (Wildman–Crippen LogP) is 1.30. The van der Waals surface area contributed by atoms with Crippen molar-refractivity contribution in [2.24, 2.45) is 0 Å². The van der Waals surface area contributed by atoms with Crippen molar-refractivity contribution in [2.45, 2.75) is 13.3 Å². The van der Waals surface area contributed by atoms with Gasteiger partial charge in [-0.25, -0.2) is 4.39 Å². The summed E-state index contributed by atoms with van der Waals surface area (Å²) in [7, 11) is 0. The molecule has 2 rings (SSSR count). The molecule has 0 aliphatic rings. The molecule has 1 aromatic heterocycles. The highest BCUT2D eigenvalue weighted by atomic mass is 19.1. The van der Waals surface area contributed by atoms with Crippen molar-refractivity contribution in [3.63, 3.8) is 0 Å². The van der Waals surface area contributed by atoms with Gasteiger partial charge in [-0.05, 0) is 29.4 Å². The summed E-state index contributed by atoms with van der Waals surface area (Å²) in [6, 6.07) is 4.68. The maximum absolute atomic E-state index is 12.7. The Kier molecular flexibility index (Phi) is 4.17. The van der Waals surface area contributed by atoms with Crippen molar-refractivity contribution in [3.05, 3.63) is 41.5 Å². The number of Topliss-reactive ketones (excluding diaryl/α,β-unsaturated/α-hetero) is 2. The van der Waals surface area contributed by atoms with Crippen LogP contribution in [0.5, 0.6) is 0 Å². The number of anilines is 1. The summed E-state index contributed by atoms with van der Waals surface area (Å²) in [6.45, 7) is 1.52. The average Bonchev–Trinajstić information content (AvgIpc) is 2.84. The number of carbonyl (C=O) groups is 3. The van der Waals surface area contributed by atoms with Crippen LogP contribution < -0.4 is 5.32 Å². The van der Waals surface area contributed by atoms with Gasteiger partial charge in [0.1, 0.15) is 5.82 Å². The van der Waals surface area contributed by atoms with Crippen molar-refractivity contribution >= 4 is 23.4 Å². The van der Waals surface area contributed by atoms with E-state index in [2.05, 4.69) is 20.0 Å². The van der Waals surface area contributed by atoms with E-state index in [1.165, 1.54) is 19.1 Å². The van der Waals surface area contributed by atoms with E-state index in [9.17, 15) is 18.8 Å². The Bertz CT molecular complexity index is 694. The molecule has 0 radical (unpaired) electrons. The van der Waals surface area contributed by atoms with Crippen LogP contribution in [0.15, 0.2) is 28.8 Å². The van der Waals surface area contributed by atoms with Crippen molar-refractivity contribution in [2.75, 3.05) is 5.32 Å². The number of ketones is 2. The minimum absolute atomic E-state index is 0.146. The molecule has 1 N–H and O–H groups in total. The first-order valence-corrected chi connectivity index (χ1v) is 5.89. The van der Waals surface area contributed by atoms with E-state index in [4.69, 9.17) is 0 Å². The second-order valence-corrected chi connectivity index (χ2v) is 4.12. The number of carbonyl (C=O) groups excluding carboxylic acids is 3. The van der Waals surface area contributed by atoms with Gasteiger partial charge in [-0.2, -0.15) is 4.98 Å². The number of hydrogen-bond donors (Lipinski definition) is 1. The molecule has 0 saturated carbocycles. The maximum Gasteiger partial charge on any atom is 0.294 e. The van der Waals surface area contributed by atoms with E-state index in [0.29, 0.717) is 0 Å². The topological polar surface area (TPSA) is 102 Å². The number of benzene rings is 1. The third-order valence-corrected chi connectivity index (χ3v) is 2.49. The monoisotopic (exact) mass is 291 g/mol. The van der Waals surface area contributed by atoms with Gasteiger partial charge in [0.15, 0.2) is 5.78 Å². The number of amides is 1. The molecule has 1 amide bonds. The molecule has 21 heavy (non-hydrogen) atoms. The van der Waals surface area contributed by atoms with Crippen LogP contribution in [0, 0.1) is 12.7 Å². The third kappa shape index (κ3) is 3.78. The lowest BCUT2D eigenvalue weighted by Crippen LogP contribution is -2.25. The quantitative estimate of drug-likeness (QED) is 0.506. The zero-order valence-electron chi connectivity index (χ0n) is 10.9. The van der Waals surface area contributed by atoms with Gasteiger partial charge in [-0.1, -0.05) is 0 Å². The molecule has 0 spiro atoms. The average molecular weight is 291 g/mol. The molecule has 0 aliphatic carbocycles. The molecule has 0 unspecified atom stereocenters. The lowest BCUT2D eigenvalue weighted by molar-refractivity contribution is -0.134. The fraction of sp³-hybridized carbons (Fsp3) is 0.154. The highest BCUT2D eigenvalue weighted by Gasteiger charge is 2.20. The van der Waals surface area contributed by atoms with Crippen LogP contribution in [0.25, 0.3) is 0 Å². The first-order chi connectivity index (χ1) is 9.95. The van der Waals surface area contributed by atoms with Gasteiger partial charge >= 0.3 is 0 Å². The molecule has 0 saturated heterocycles. The smallest absolute Gasteiger partial charge is 0.294 e. The first-order valence-electron chi connectivity index (χ1n) is 5.89. The summed E-state index contributed by atoms with van der Waals surface area (Å²) in [6.07, 6.45) is -0.631. The van der Waals surface area contributed by atoms with Crippen LogP contribution in [-0.2, 0) is 9.59 Å². The molecule has 1 heterocycles. The standard InChI is InChI=1S/C13H10FN3O4/c1-7-15-13(17-21-7)16-12(20)11(19)6-10(18)8-2-4-9(14)5-3-8/h2-5H,6H2,1H3,(H,16,17,20). The van der Waals surface area contributed by atoms with Crippen molar-refractivity contribution in [3.8, 4) is 0 Å². The summed E-state index contributed by atoms with van der Waals surface area (Å²) >= 11 is 0. The van der Waals surface area contributed by atoms with Gasteiger partial charge in [0.2, 0.25) is 11.7 Å². The van der Waals surface area contributed by atoms with Crippen molar-refractivity contribution in [1.29, 1.82) is 0 Å². The van der Waals surface area contributed by atoms with E-state index in [1.54, 1.807) is 0 Å². The van der Waals surface area contributed by atoms with Gasteiger partial charge in [-0.3, -0.25) is 19.7 Å². The van der Waals surface area contributed by atoms with Gasteiger partial charge in [0.25, 0.3) is 11.9 Å². The van der Waals surface area contributed by atoms with Crippen LogP contribution in [-0.4, -0.2) is 27.6 Å². The number of nitrogens with zero attached hydrogens (tertiary/aromatic N) is 2. The molecule has 108 valence electrons. The second kappa shape index (κ2) is 6.04. The number of aromatic nitrogens is 2. The Morgan fingerprint density at radius 2 is 1.90 bits per heavy atom. The zero-order chi connectivity index (χ0) is 15.4. The van der Waals surface area contributed by atoms with Crippen LogP contribution in [0.2, 0.25) is 0 Å². The first kappa shape index (κ1) is 14.5. The summed E-state index contributed by atoms with van der Waals surface area (Å²) in [5, 5.41) is 5.50. The Morgan fingerprint density at radius 1 is 1.24 bits per heavy atom. The highest BCUT2D eigenvalue weighted by molar-refractivity contribution is 6.43. The Hall–Kier alpha value is -2.90. The largest absolute Gasteiger partial charge is 0.338 e. The van der Waals surface area contributed by atoms with Crippen molar-refractivity contribution < 1.29 is 23.3 Å². The normalized spacial score (nSPS) is 10.2. The summed E-state index contributed by atoms with van der Waals surface area (Å²) in [5.74, 6) is -2.99. The summed E-state index contributed by atoms with van der Waals surface area (Å²) in [5.41, 5.74) is 0.146. The molecule has 2 aromatic rings. The van der Waals surface area contributed by atoms with Gasteiger partial charge in [-0.15, -0.1) is 0 Å². The number of hydrogen-bond acceptors (Lipinski definition) is 6. The molecule has 8 heteroatoms. The van der Waals surface area contributed by atoms with E-state index in [-0.39, 0.29) is 17.4 Å². The molecular formula is C13H10FN3O4. The zero-order valence-corrected chi connectivity index (χ0v) is 10.9. The molecule has 0 atom stereocenters. The Balaban J connectivity index is 1.95. The lowest BCUT2D eigenvalue weighted by atomic mass is 10.1. The maximum atomic E-state index is 12.7. The van der Waals surface area contributed by atoms with Crippen molar-refractivity contribution in [1.82, 2.24) is 10.1 Å². The van der Waals surface area contributed by atoms with Crippen LogP contribution >= 0.6 is 0 Å². The fourth-order valence-corrected chi connectivity index (χ4v) is 1.49. The molecule has 0 bridgehead atoms. The molecule has 0 fully saturated rings. The highest BCUT2D eigenvalue weighted by Crippen LogP contribution is 2.07. The minimum atomic E-state index is -1.02. The predicted molar refractivity (Wildman–Crippen MR) is 68.0 cm³/mol. The molecule has 7 nitrogen and oxygen atoms in total. The van der Waals surface area contributed by atoms with E-state index < -0.39 is 29.7 Å². The molecule has 1 aromatic carbocycles. The molecule has 0 aliphatic heterocycles. The Labute approximate surface area is 118 Å². The van der Waals surface area contributed by atoms with E-state index in [1.807, 2.05) is 0 Å². The Morgan fingerprint density at radius 3 is 2.48 bits per heavy atom. The summed E-state index contributed by atoms with van der Waals surface area (Å²) < 4.78 is 17.3. The lowest BCUT2D eigenvalue weighted by Gasteiger charge is -2.00. The molecular weight excluding hydrogens is 281 g/mol. The van der Waals surface area contributed by atoms with Gasteiger partial charge < -0.3 is 4.52 Å². The van der Waals surface area contributed by atoms with Crippen LogP contribution in [0.1, 0.15) is 22.7 Å².